The van der Waals surface area contributed by atoms with Gasteiger partial charge in [0.2, 0.25) is 0 Å². The fourth-order valence-corrected chi connectivity index (χ4v) is 18.5. The summed E-state index contributed by atoms with van der Waals surface area (Å²) in [4.78, 5) is 0. The van der Waals surface area contributed by atoms with Crippen molar-refractivity contribution in [2.45, 2.75) is 135 Å². The van der Waals surface area contributed by atoms with E-state index in [2.05, 4.69) is 126 Å². The standard InChI is InChI=1S/C45H59ClNP/c1-31(2)35-29-41(32(3)4)45(42(30-35)33(5)6)34-18-17-23-38(28-34)48(46,36-19-9-7-10-20-36,37-21-11-8-12-22-37)44-27-16-14-25-40(44)39-24-13-15-26-43(39)47/h13-18,23-33,36-37H,7-12,19-22,47H2,1-6H3. The van der Waals surface area contributed by atoms with Gasteiger partial charge in [-0.25, -0.2) is 0 Å². The van der Waals surface area contributed by atoms with E-state index >= 15 is 0 Å². The van der Waals surface area contributed by atoms with Crippen LogP contribution in [0.5, 0.6) is 0 Å². The Morgan fingerprint density at radius 1 is 0.583 bits per heavy atom. The van der Waals surface area contributed by atoms with Crippen molar-refractivity contribution >= 4 is 33.5 Å². The summed E-state index contributed by atoms with van der Waals surface area (Å²) in [6, 6.07) is 32.4. The third-order valence-corrected chi connectivity index (χ3v) is 21.4. The van der Waals surface area contributed by atoms with Crippen molar-refractivity contribution in [3.8, 4) is 22.3 Å². The van der Waals surface area contributed by atoms with Gasteiger partial charge >= 0.3 is 298 Å². The van der Waals surface area contributed by atoms with Gasteiger partial charge in [0, 0.05) is 0 Å². The Hall–Kier alpha value is -2.60. The van der Waals surface area contributed by atoms with Crippen molar-refractivity contribution in [2.24, 2.45) is 0 Å². The molecule has 0 heterocycles. The van der Waals surface area contributed by atoms with Crippen LogP contribution in [0.3, 0.4) is 0 Å². The molecule has 6 rings (SSSR count). The maximum atomic E-state index is 9.23. The molecule has 0 spiro atoms. The van der Waals surface area contributed by atoms with Crippen LogP contribution in [0, 0.1) is 0 Å². The first-order valence-electron chi connectivity index (χ1n) is 19.0. The first kappa shape index (κ1) is 35.2. The second-order valence-electron chi connectivity index (χ2n) is 15.9. The third kappa shape index (κ3) is 6.07. The molecule has 0 bridgehead atoms. The van der Waals surface area contributed by atoms with Crippen LogP contribution < -0.4 is 16.3 Å². The van der Waals surface area contributed by atoms with Gasteiger partial charge < -0.3 is 0 Å². The molecule has 2 aliphatic rings. The number of hydrogen-bond donors (Lipinski definition) is 1. The zero-order valence-electron chi connectivity index (χ0n) is 30.4. The molecule has 0 atom stereocenters. The summed E-state index contributed by atoms with van der Waals surface area (Å²) in [5.41, 5.74) is 18.0. The van der Waals surface area contributed by atoms with Gasteiger partial charge in [-0.1, -0.05) is 0 Å². The Labute approximate surface area is 296 Å². The van der Waals surface area contributed by atoms with Gasteiger partial charge in [0.1, 0.15) is 0 Å². The molecule has 1 nitrogen and oxygen atoms in total. The summed E-state index contributed by atoms with van der Waals surface area (Å²) in [6.07, 6.45) is 12.5. The quantitative estimate of drug-likeness (QED) is 0.138. The number of nitrogens with two attached hydrogens (primary N) is 1. The van der Waals surface area contributed by atoms with Gasteiger partial charge in [-0.3, -0.25) is 0 Å². The molecule has 0 radical (unpaired) electrons. The molecule has 2 N–H and O–H groups in total. The minimum absolute atomic E-state index is 0.421. The zero-order chi connectivity index (χ0) is 34.1. The van der Waals surface area contributed by atoms with E-state index in [1.54, 1.807) is 0 Å². The summed E-state index contributed by atoms with van der Waals surface area (Å²) >= 11 is 9.23. The van der Waals surface area contributed by atoms with Crippen molar-refractivity contribution in [2.75, 3.05) is 5.73 Å². The number of para-hydroxylation sites is 1. The zero-order valence-corrected chi connectivity index (χ0v) is 32.1. The average molecular weight is 680 g/mol. The molecule has 48 heavy (non-hydrogen) atoms. The number of halogens is 1. The van der Waals surface area contributed by atoms with Crippen LogP contribution in [0.25, 0.3) is 22.3 Å². The molecule has 3 heteroatoms. The second-order valence-corrected chi connectivity index (χ2v) is 22.8. The molecule has 0 amide bonds. The van der Waals surface area contributed by atoms with Crippen LogP contribution >= 0.6 is 17.2 Å². The van der Waals surface area contributed by atoms with E-state index in [4.69, 9.17) is 5.73 Å². The van der Waals surface area contributed by atoms with Crippen molar-refractivity contribution in [1.82, 2.24) is 0 Å². The second kappa shape index (κ2) is 14.3. The van der Waals surface area contributed by atoms with Gasteiger partial charge in [-0.2, -0.15) is 0 Å². The molecule has 4 aromatic carbocycles. The van der Waals surface area contributed by atoms with Gasteiger partial charge in [0.25, 0.3) is 0 Å². The molecule has 0 aliphatic heterocycles. The Kier molecular flexibility index (Phi) is 10.5. The SMILES string of the molecule is CC(C)c1cc(C(C)C)c(-c2cccc(P(Cl)(c3ccccc3-c3ccccc3N)(C3CCCCC3)C3CCCCC3)c2)c(C(C)C)c1. The fraction of sp³-hybridized carbons (Fsp3) is 0.467. The van der Waals surface area contributed by atoms with Crippen LogP contribution in [0.15, 0.2) is 84.9 Å². The first-order valence-corrected chi connectivity index (χ1v) is 22.3. The number of anilines is 1. The molecule has 0 saturated heterocycles. The molecule has 0 aromatic heterocycles. The van der Waals surface area contributed by atoms with Gasteiger partial charge in [-0.15, -0.1) is 0 Å². The van der Waals surface area contributed by atoms with Gasteiger partial charge in [0.15, 0.2) is 0 Å². The summed E-state index contributed by atoms with van der Waals surface area (Å²) in [5.74, 6) is -2.07. The fourth-order valence-electron chi connectivity index (χ4n) is 9.50. The Bertz CT molecular complexity index is 1680. The first-order chi connectivity index (χ1) is 23.1. The van der Waals surface area contributed by atoms with Crippen LogP contribution in [0.1, 0.15) is 140 Å². The number of rotatable bonds is 9. The molecule has 2 fully saturated rings. The summed E-state index contributed by atoms with van der Waals surface area (Å²) in [5, 5.41) is 2.81. The minimum atomic E-state index is -3.40. The maximum absolute atomic E-state index is 9.23. The van der Waals surface area contributed by atoms with Gasteiger partial charge in [-0.05, 0) is 0 Å². The normalized spacial score (nSPS) is 17.6. The molecular weight excluding hydrogens is 621 g/mol. The Morgan fingerprint density at radius 2 is 1.10 bits per heavy atom. The van der Waals surface area contributed by atoms with Crippen molar-refractivity contribution in [3.63, 3.8) is 0 Å². The molecule has 256 valence electrons. The van der Waals surface area contributed by atoms with Crippen LogP contribution in [0.4, 0.5) is 5.69 Å². The van der Waals surface area contributed by atoms with E-state index in [0.29, 0.717) is 29.1 Å². The van der Waals surface area contributed by atoms with E-state index in [0.717, 1.165) is 11.3 Å². The van der Waals surface area contributed by atoms with Crippen LogP contribution in [-0.4, -0.2) is 11.3 Å². The average Bonchev–Trinajstić information content (AvgIpc) is 3.11. The molecular formula is C45H59ClNP. The van der Waals surface area contributed by atoms with Crippen LogP contribution in [0.2, 0.25) is 0 Å². The Balaban J connectivity index is 1.72. The molecule has 2 aliphatic carbocycles. The third-order valence-electron chi connectivity index (χ3n) is 12.0. The van der Waals surface area contributed by atoms with E-state index in [1.807, 2.05) is 0 Å². The number of hydrogen-bond acceptors (Lipinski definition) is 1. The molecule has 0 unspecified atom stereocenters. The van der Waals surface area contributed by atoms with E-state index in [9.17, 15) is 11.2 Å². The van der Waals surface area contributed by atoms with E-state index in [1.165, 1.54) is 108 Å². The summed E-state index contributed by atoms with van der Waals surface area (Å²) < 4.78 is 0. The summed E-state index contributed by atoms with van der Waals surface area (Å²) in [7, 11) is 0. The van der Waals surface area contributed by atoms with Crippen molar-refractivity contribution in [3.05, 3.63) is 102 Å². The molecule has 2 saturated carbocycles. The van der Waals surface area contributed by atoms with Crippen molar-refractivity contribution < 1.29 is 0 Å². The Morgan fingerprint density at radius 3 is 1.62 bits per heavy atom. The predicted octanol–water partition coefficient (Wildman–Crippen LogP) is 13.3. The van der Waals surface area contributed by atoms with Crippen molar-refractivity contribution in [1.29, 1.82) is 0 Å². The number of nitrogen functional groups attached to an aromatic ring is 1. The predicted molar refractivity (Wildman–Crippen MR) is 216 cm³/mol. The van der Waals surface area contributed by atoms with Crippen LogP contribution in [-0.2, 0) is 0 Å². The summed E-state index contributed by atoms with van der Waals surface area (Å²) in [6.45, 7) is 14.1. The van der Waals surface area contributed by atoms with Gasteiger partial charge in [0.05, 0.1) is 0 Å². The monoisotopic (exact) mass is 679 g/mol. The topological polar surface area (TPSA) is 26.0 Å². The number of benzene rings is 4. The van der Waals surface area contributed by atoms with E-state index in [-0.39, 0.29) is 0 Å². The van der Waals surface area contributed by atoms with E-state index < -0.39 is 5.96 Å². The molecule has 4 aromatic rings.